The Bertz CT molecular complexity index is 573. The lowest BCUT2D eigenvalue weighted by molar-refractivity contribution is -0.150. The average Bonchev–Trinajstić information content (AvgIpc) is 2.51. The van der Waals surface area contributed by atoms with Crippen LogP contribution in [0.5, 0.6) is 0 Å². The maximum Gasteiger partial charge on any atom is 0.371 e. The SMILES string of the molecule is C=CC(=O)OC[C@H](C)OC(=O)/C(Cl)=N/Nc1ccc(Cl)cc1. The Hall–Kier alpha value is -2.05. The largest absolute Gasteiger partial charge is 0.459 e. The lowest BCUT2D eigenvalue weighted by Gasteiger charge is -2.12. The predicted octanol–water partition coefficient (Wildman–Crippen LogP) is 2.97. The van der Waals surface area contributed by atoms with Gasteiger partial charge in [0.1, 0.15) is 12.7 Å². The number of hydrogen-bond acceptors (Lipinski definition) is 6. The first-order valence-electron chi connectivity index (χ1n) is 6.17. The summed E-state index contributed by atoms with van der Waals surface area (Å²) < 4.78 is 9.67. The van der Waals surface area contributed by atoms with Crippen LogP contribution < -0.4 is 5.43 Å². The number of nitrogens with one attached hydrogen (secondary N) is 1. The fourth-order valence-electron chi connectivity index (χ4n) is 1.21. The monoisotopic (exact) mass is 344 g/mol. The van der Waals surface area contributed by atoms with E-state index in [1.54, 1.807) is 31.2 Å². The van der Waals surface area contributed by atoms with E-state index in [-0.39, 0.29) is 6.61 Å². The van der Waals surface area contributed by atoms with Gasteiger partial charge in [0.05, 0.1) is 5.69 Å². The highest BCUT2D eigenvalue weighted by Crippen LogP contribution is 2.13. The summed E-state index contributed by atoms with van der Waals surface area (Å²) in [4.78, 5) is 22.5. The normalized spacial score (nSPS) is 12.2. The number of benzene rings is 1. The second-order valence-corrected chi connectivity index (χ2v) is 4.87. The average molecular weight is 345 g/mol. The second-order valence-electron chi connectivity index (χ2n) is 4.07. The van der Waals surface area contributed by atoms with E-state index in [1.165, 1.54) is 0 Å². The van der Waals surface area contributed by atoms with Crippen molar-refractivity contribution in [3.05, 3.63) is 41.9 Å². The van der Waals surface area contributed by atoms with Gasteiger partial charge >= 0.3 is 11.9 Å². The van der Waals surface area contributed by atoms with Gasteiger partial charge in [0, 0.05) is 11.1 Å². The van der Waals surface area contributed by atoms with E-state index >= 15 is 0 Å². The molecule has 1 aromatic carbocycles. The molecule has 0 aliphatic rings. The maximum atomic E-state index is 11.6. The third-order valence-electron chi connectivity index (χ3n) is 2.23. The van der Waals surface area contributed by atoms with E-state index in [4.69, 9.17) is 32.7 Å². The molecule has 0 heterocycles. The summed E-state index contributed by atoms with van der Waals surface area (Å²) in [5.74, 6) is -1.45. The number of hydrogen-bond donors (Lipinski definition) is 1. The molecule has 1 atom stereocenters. The summed E-state index contributed by atoms with van der Waals surface area (Å²) in [6, 6.07) is 6.64. The van der Waals surface area contributed by atoms with Crippen molar-refractivity contribution in [2.24, 2.45) is 5.10 Å². The van der Waals surface area contributed by atoms with Crippen LogP contribution in [0.2, 0.25) is 5.02 Å². The first kappa shape index (κ1) is 18.0. The smallest absolute Gasteiger partial charge is 0.371 e. The molecule has 1 rings (SSSR count). The van der Waals surface area contributed by atoms with E-state index in [0.717, 1.165) is 6.08 Å². The maximum absolute atomic E-state index is 11.6. The zero-order valence-corrected chi connectivity index (χ0v) is 13.2. The lowest BCUT2D eigenvalue weighted by atomic mass is 10.3. The van der Waals surface area contributed by atoms with Gasteiger partial charge in [0.2, 0.25) is 5.17 Å². The molecule has 118 valence electrons. The Balaban J connectivity index is 2.46. The molecule has 0 spiro atoms. The molecule has 0 radical (unpaired) electrons. The molecule has 8 heteroatoms. The predicted molar refractivity (Wildman–Crippen MR) is 85.1 cm³/mol. The second kappa shape index (κ2) is 9.07. The number of rotatable bonds is 7. The van der Waals surface area contributed by atoms with Crippen molar-refractivity contribution in [2.45, 2.75) is 13.0 Å². The quantitative estimate of drug-likeness (QED) is 0.356. The molecule has 0 aliphatic heterocycles. The number of carbonyl (C=O) groups excluding carboxylic acids is 2. The van der Waals surface area contributed by atoms with Crippen LogP contribution in [0, 0.1) is 0 Å². The molecule has 22 heavy (non-hydrogen) atoms. The molecule has 6 nitrogen and oxygen atoms in total. The van der Waals surface area contributed by atoms with Crippen LogP contribution in [-0.4, -0.2) is 29.8 Å². The van der Waals surface area contributed by atoms with Crippen LogP contribution in [0.4, 0.5) is 5.69 Å². The minimum Gasteiger partial charge on any atom is -0.459 e. The van der Waals surface area contributed by atoms with Crippen molar-refractivity contribution in [3.63, 3.8) is 0 Å². The van der Waals surface area contributed by atoms with Gasteiger partial charge in [0.25, 0.3) is 0 Å². The van der Waals surface area contributed by atoms with Gasteiger partial charge < -0.3 is 9.47 Å². The van der Waals surface area contributed by atoms with E-state index in [9.17, 15) is 9.59 Å². The van der Waals surface area contributed by atoms with Crippen molar-refractivity contribution in [1.29, 1.82) is 0 Å². The zero-order valence-electron chi connectivity index (χ0n) is 11.7. The highest BCUT2D eigenvalue weighted by atomic mass is 35.5. The summed E-state index contributed by atoms with van der Waals surface area (Å²) in [5.41, 5.74) is 3.18. The summed E-state index contributed by atoms with van der Waals surface area (Å²) in [6.45, 7) is 4.69. The van der Waals surface area contributed by atoms with Gasteiger partial charge in [-0.15, -0.1) is 0 Å². The van der Waals surface area contributed by atoms with Crippen molar-refractivity contribution >= 4 is 46.0 Å². The van der Waals surface area contributed by atoms with Gasteiger partial charge in [-0.3, -0.25) is 5.43 Å². The summed E-state index contributed by atoms with van der Waals surface area (Å²) in [6.07, 6.45) is 0.342. The molecule has 0 unspecified atom stereocenters. The van der Waals surface area contributed by atoms with Gasteiger partial charge in [0.15, 0.2) is 0 Å². The van der Waals surface area contributed by atoms with Crippen molar-refractivity contribution in [2.75, 3.05) is 12.0 Å². The molecular formula is C14H14Cl2N2O4. The van der Waals surface area contributed by atoms with E-state index in [2.05, 4.69) is 17.1 Å². The Kier molecular flexibility index (Phi) is 7.42. The minimum atomic E-state index is -0.842. The van der Waals surface area contributed by atoms with Gasteiger partial charge in [-0.25, -0.2) is 9.59 Å². The molecule has 0 aromatic heterocycles. The standard InChI is InChI=1S/C14H14Cl2N2O4/c1-3-12(19)21-8-9(2)22-14(20)13(16)18-17-11-6-4-10(15)5-7-11/h3-7,9,17H,1,8H2,2H3/b18-13-/t9-/m0/s1. The van der Waals surface area contributed by atoms with Crippen LogP contribution in [0.3, 0.4) is 0 Å². The van der Waals surface area contributed by atoms with Crippen LogP contribution in [0.15, 0.2) is 42.0 Å². The number of hydrazone groups is 1. The Morgan fingerprint density at radius 3 is 2.64 bits per heavy atom. The molecule has 0 bridgehead atoms. The van der Waals surface area contributed by atoms with E-state index in [1.807, 2.05) is 0 Å². The van der Waals surface area contributed by atoms with E-state index < -0.39 is 23.2 Å². The fourth-order valence-corrected chi connectivity index (χ4v) is 1.42. The van der Waals surface area contributed by atoms with E-state index in [0.29, 0.717) is 10.7 Å². The number of nitrogens with zero attached hydrogens (tertiary/aromatic N) is 1. The topological polar surface area (TPSA) is 77.0 Å². The van der Waals surface area contributed by atoms with Crippen LogP contribution in [-0.2, 0) is 19.1 Å². The van der Waals surface area contributed by atoms with Crippen molar-refractivity contribution < 1.29 is 19.1 Å². The van der Waals surface area contributed by atoms with Crippen LogP contribution >= 0.6 is 23.2 Å². The Morgan fingerprint density at radius 1 is 1.41 bits per heavy atom. The van der Waals surface area contributed by atoms with Gasteiger partial charge in [-0.2, -0.15) is 5.10 Å². The summed E-state index contributed by atoms with van der Waals surface area (Å²) >= 11 is 11.4. The number of anilines is 1. The molecule has 0 saturated carbocycles. The van der Waals surface area contributed by atoms with Crippen molar-refractivity contribution in [3.8, 4) is 0 Å². The van der Waals surface area contributed by atoms with Crippen molar-refractivity contribution in [1.82, 2.24) is 0 Å². The Morgan fingerprint density at radius 2 is 2.05 bits per heavy atom. The first-order valence-corrected chi connectivity index (χ1v) is 6.93. The van der Waals surface area contributed by atoms with Gasteiger partial charge in [-0.05, 0) is 31.2 Å². The number of esters is 2. The molecule has 0 aliphatic carbocycles. The third kappa shape index (κ3) is 6.60. The van der Waals surface area contributed by atoms with Crippen LogP contribution in [0.25, 0.3) is 0 Å². The zero-order chi connectivity index (χ0) is 16.5. The number of carbonyl (C=O) groups is 2. The molecular weight excluding hydrogens is 331 g/mol. The molecule has 1 N–H and O–H groups in total. The number of halogens is 2. The summed E-state index contributed by atoms with van der Waals surface area (Å²) in [7, 11) is 0. The fraction of sp³-hybridized carbons (Fsp3) is 0.214. The lowest BCUT2D eigenvalue weighted by Crippen LogP contribution is -2.25. The third-order valence-corrected chi connectivity index (χ3v) is 2.72. The molecule has 1 aromatic rings. The van der Waals surface area contributed by atoms with Gasteiger partial charge in [-0.1, -0.05) is 29.8 Å². The summed E-state index contributed by atoms with van der Waals surface area (Å²) in [5, 5.41) is 3.86. The van der Waals surface area contributed by atoms with Crippen LogP contribution in [0.1, 0.15) is 6.92 Å². The Labute approximate surface area is 137 Å². The highest BCUT2D eigenvalue weighted by Gasteiger charge is 2.15. The minimum absolute atomic E-state index is 0.106. The molecule has 0 fully saturated rings. The molecule has 0 amide bonds. The first-order chi connectivity index (χ1) is 10.4. The number of ether oxygens (including phenoxy) is 2. The highest BCUT2D eigenvalue weighted by molar-refractivity contribution is 6.82. The molecule has 0 saturated heterocycles.